The summed E-state index contributed by atoms with van der Waals surface area (Å²) in [7, 11) is 0. The van der Waals surface area contributed by atoms with E-state index in [0.717, 1.165) is 6.92 Å². The lowest BCUT2D eigenvalue weighted by atomic mass is 10.1. The number of phenols is 3. The molecule has 0 aliphatic heterocycles. The third kappa shape index (κ3) is 1.66. The predicted molar refractivity (Wildman–Crippen MR) is 48.1 cm³/mol. The molecule has 0 aromatic heterocycles. The fourth-order valence-electron chi connectivity index (χ4n) is 1.16. The van der Waals surface area contributed by atoms with Crippen molar-refractivity contribution in [2.75, 3.05) is 0 Å². The minimum absolute atomic E-state index is 0.584. The SMILES string of the molecule is CC(=O)c1c(O)cc(O)c([N+](=O)[O-])c1O. The third-order valence-corrected chi connectivity index (χ3v) is 1.77. The van der Waals surface area contributed by atoms with Gasteiger partial charge in [-0.25, -0.2) is 0 Å². The molecule has 0 fully saturated rings. The van der Waals surface area contributed by atoms with E-state index in [1.54, 1.807) is 0 Å². The number of ketones is 1. The minimum Gasteiger partial charge on any atom is -0.507 e. The van der Waals surface area contributed by atoms with Crippen LogP contribution in [0.15, 0.2) is 6.07 Å². The molecule has 0 amide bonds. The minimum atomic E-state index is -1.05. The number of hydrogen-bond acceptors (Lipinski definition) is 6. The van der Waals surface area contributed by atoms with Crippen LogP contribution in [0, 0.1) is 10.1 Å². The van der Waals surface area contributed by atoms with Gasteiger partial charge in [0.1, 0.15) is 11.3 Å². The van der Waals surface area contributed by atoms with Crippen LogP contribution in [0.1, 0.15) is 17.3 Å². The number of rotatable bonds is 2. The summed E-state index contributed by atoms with van der Waals surface area (Å²) in [5.41, 5.74) is -1.59. The largest absolute Gasteiger partial charge is 0.507 e. The van der Waals surface area contributed by atoms with Crippen LogP contribution < -0.4 is 0 Å². The molecule has 7 heteroatoms. The van der Waals surface area contributed by atoms with Crippen molar-refractivity contribution in [2.45, 2.75) is 6.92 Å². The molecule has 15 heavy (non-hydrogen) atoms. The molecule has 0 bridgehead atoms. The van der Waals surface area contributed by atoms with E-state index in [1.807, 2.05) is 0 Å². The summed E-state index contributed by atoms with van der Waals surface area (Å²) in [4.78, 5) is 20.3. The maximum atomic E-state index is 10.9. The lowest BCUT2D eigenvalue weighted by molar-refractivity contribution is -0.386. The van der Waals surface area contributed by atoms with Crippen molar-refractivity contribution in [3.63, 3.8) is 0 Å². The number of carbonyl (C=O) groups excluding carboxylic acids is 1. The molecule has 0 heterocycles. The number of hydrogen-bond donors (Lipinski definition) is 3. The van der Waals surface area contributed by atoms with Crippen LogP contribution in [0.4, 0.5) is 5.69 Å². The zero-order chi connectivity index (χ0) is 11.7. The van der Waals surface area contributed by atoms with Crippen molar-refractivity contribution in [1.82, 2.24) is 0 Å². The van der Waals surface area contributed by atoms with Gasteiger partial charge in [-0.15, -0.1) is 0 Å². The van der Waals surface area contributed by atoms with Crippen LogP contribution in [0.25, 0.3) is 0 Å². The molecular formula is C8H7NO6. The Labute approximate surface area is 83.4 Å². The van der Waals surface area contributed by atoms with Gasteiger partial charge < -0.3 is 15.3 Å². The maximum Gasteiger partial charge on any atom is 0.352 e. The number of benzene rings is 1. The highest BCUT2D eigenvalue weighted by molar-refractivity contribution is 6.01. The van der Waals surface area contributed by atoms with Crippen molar-refractivity contribution < 1.29 is 25.0 Å². The first-order valence-corrected chi connectivity index (χ1v) is 3.79. The summed E-state index contributed by atoms with van der Waals surface area (Å²) in [5, 5.41) is 38.0. The van der Waals surface area contributed by atoms with Crippen LogP contribution in [-0.4, -0.2) is 26.0 Å². The topological polar surface area (TPSA) is 121 Å². The number of phenolic OH excluding ortho intramolecular Hbond substituents is 3. The van der Waals surface area contributed by atoms with Gasteiger partial charge in [-0.1, -0.05) is 0 Å². The molecule has 0 unspecified atom stereocenters. The molecule has 0 atom stereocenters. The first-order valence-electron chi connectivity index (χ1n) is 3.79. The Morgan fingerprint density at radius 1 is 1.33 bits per heavy atom. The highest BCUT2D eigenvalue weighted by Crippen LogP contribution is 2.42. The summed E-state index contributed by atoms with van der Waals surface area (Å²) >= 11 is 0. The van der Waals surface area contributed by atoms with Crippen LogP contribution in [0.2, 0.25) is 0 Å². The molecule has 1 rings (SSSR count). The molecule has 0 saturated heterocycles. The van der Waals surface area contributed by atoms with Crippen molar-refractivity contribution in [2.24, 2.45) is 0 Å². The first kappa shape index (κ1) is 10.8. The van der Waals surface area contributed by atoms with Gasteiger partial charge in [0.15, 0.2) is 5.78 Å². The molecule has 0 spiro atoms. The van der Waals surface area contributed by atoms with Gasteiger partial charge in [-0.05, 0) is 6.92 Å². The van der Waals surface area contributed by atoms with Crippen LogP contribution in [0.5, 0.6) is 17.2 Å². The van der Waals surface area contributed by atoms with Gasteiger partial charge in [-0.2, -0.15) is 0 Å². The second-order valence-electron chi connectivity index (χ2n) is 2.80. The highest BCUT2D eigenvalue weighted by Gasteiger charge is 2.27. The van der Waals surface area contributed by atoms with E-state index < -0.39 is 39.2 Å². The Balaban J connectivity index is 3.64. The van der Waals surface area contributed by atoms with E-state index in [1.165, 1.54) is 0 Å². The number of carbonyl (C=O) groups is 1. The van der Waals surface area contributed by atoms with E-state index in [-0.39, 0.29) is 0 Å². The quantitative estimate of drug-likeness (QED) is 0.381. The van der Waals surface area contributed by atoms with Gasteiger partial charge in [0, 0.05) is 6.07 Å². The van der Waals surface area contributed by atoms with Gasteiger partial charge in [0.25, 0.3) is 0 Å². The first-order chi connectivity index (χ1) is 6.86. The molecule has 7 nitrogen and oxygen atoms in total. The predicted octanol–water partition coefficient (Wildman–Crippen LogP) is 0.914. The Morgan fingerprint density at radius 3 is 2.27 bits per heavy atom. The van der Waals surface area contributed by atoms with Crippen molar-refractivity contribution >= 4 is 11.5 Å². The van der Waals surface area contributed by atoms with E-state index in [9.17, 15) is 25.1 Å². The van der Waals surface area contributed by atoms with Crippen LogP contribution >= 0.6 is 0 Å². The Hall–Kier alpha value is -2.31. The zero-order valence-electron chi connectivity index (χ0n) is 7.59. The van der Waals surface area contributed by atoms with Crippen LogP contribution in [-0.2, 0) is 0 Å². The molecular weight excluding hydrogens is 206 g/mol. The summed E-state index contributed by atoms with van der Waals surface area (Å²) in [6.45, 7) is 1.02. The van der Waals surface area contributed by atoms with E-state index in [0.29, 0.717) is 6.07 Å². The van der Waals surface area contributed by atoms with E-state index in [2.05, 4.69) is 0 Å². The summed E-state index contributed by atoms with van der Waals surface area (Å²) in [5.74, 6) is -3.39. The molecule has 0 aliphatic carbocycles. The third-order valence-electron chi connectivity index (χ3n) is 1.77. The van der Waals surface area contributed by atoms with Crippen molar-refractivity contribution in [3.05, 3.63) is 21.7 Å². The molecule has 1 aromatic rings. The van der Waals surface area contributed by atoms with E-state index >= 15 is 0 Å². The van der Waals surface area contributed by atoms with Crippen molar-refractivity contribution in [3.8, 4) is 17.2 Å². The molecule has 3 N–H and O–H groups in total. The lowest BCUT2D eigenvalue weighted by Gasteiger charge is -2.05. The lowest BCUT2D eigenvalue weighted by Crippen LogP contribution is -1.98. The van der Waals surface area contributed by atoms with Gasteiger partial charge in [-0.3, -0.25) is 14.9 Å². The van der Waals surface area contributed by atoms with E-state index in [4.69, 9.17) is 5.11 Å². The zero-order valence-corrected chi connectivity index (χ0v) is 7.59. The molecule has 0 aliphatic rings. The number of nitro groups is 1. The summed E-state index contributed by atoms with van der Waals surface area (Å²) < 4.78 is 0. The molecule has 0 radical (unpaired) electrons. The number of Topliss-reactive ketones (excluding diaryl/α,β-unsaturated/α-hetero) is 1. The Bertz CT molecular complexity index is 415. The molecule has 1 aromatic carbocycles. The smallest absolute Gasteiger partial charge is 0.352 e. The normalized spacial score (nSPS) is 9.93. The fraction of sp³-hybridized carbons (Fsp3) is 0.125. The fourth-order valence-corrected chi connectivity index (χ4v) is 1.16. The molecule has 0 saturated carbocycles. The summed E-state index contributed by atoms with van der Waals surface area (Å²) in [6.07, 6.45) is 0. The maximum absolute atomic E-state index is 10.9. The Morgan fingerprint density at radius 2 is 1.87 bits per heavy atom. The standard InChI is InChI=1S/C8H7NO6/c1-3(10)6-4(11)2-5(12)7(8(6)13)9(14)15/h2,11-13H,1H3. The highest BCUT2D eigenvalue weighted by atomic mass is 16.6. The van der Waals surface area contributed by atoms with Gasteiger partial charge >= 0.3 is 5.69 Å². The Kier molecular flexibility index (Phi) is 2.47. The van der Waals surface area contributed by atoms with Crippen LogP contribution in [0.3, 0.4) is 0 Å². The number of aromatic hydroxyl groups is 3. The average molecular weight is 213 g/mol. The van der Waals surface area contributed by atoms with Gasteiger partial charge in [0.2, 0.25) is 11.5 Å². The second-order valence-corrected chi connectivity index (χ2v) is 2.80. The number of nitrogens with zero attached hydrogens (tertiary/aromatic N) is 1. The second kappa shape index (κ2) is 3.45. The number of nitro benzene ring substituents is 1. The van der Waals surface area contributed by atoms with Gasteiger partial charge in [0.05, 0.1) is 4.92 Å². The average Bonchev–Trinajstić information content (AvgIpc) is 1.99. The molecule has 80 valence electrons. The summed E-state index contributed by atoms with van der Waals surface area (Å²) in [6, 6.07) is 0.634. The van der Waals surface area contributed by atoms with Crippen molar-refractivity contribution in [1.29, 1.82) is 0 Å². The monoisotopic (exact) mass is 213 g/mol.